The number of nitrogens with zero attached hydrogens (tertiary/aromatic N) is 1. The quantitative estimate of drug-likeness (QED) is 0.605. The molecule has 1 atom stereocenters. The zero-order valence-electron chi connectivity index (χ0n) is 14.9. The molecular formula is C18H28N4O3. The molecule has 0 aliphatic carbocycles. The topological polar surface area (TPSA) is 108 Å². The lowest BCUT2D eigenvalue weighted by Crippen LogP contribution is -2.46. The minimum absolute atomic E-state index is 0.0123. The van der Waals surface area contributed by atoms with Gasteiger partial charge in [-0.1, -0.05) is 26.0 Å². The summed E-state index contributed by atoms with van der Waals surface area (Å²) in [6.45, 7) is 5.08. The Morgan fingerprint density at radius 1 is 1.28 bits per heavy atom. The Hall–Kier alpha value is -2.12. The number of carbonyl (C=O) groups is 2. The SMILES string of the molecule is CC(C)[C@H](N)C(=O)NCC(=O)Nc1ccccc1N1CCC(O)CC1. The number of amides is 2. The molecule has 1 aromatic carbocycles. The molecule has 2 rings (SSSR count). The number of hydrogen-bond donors (Lipinski definition) is 4. The number of hydrogen-bond acceptors (Lipinski definition) is 5. The van der Waals surface area contributed by atoms with E-state index >= 15 is 0 Å². The maximum absolute atomic E-state index is 12.2. The number of piperidine rings is 1. The average Bonchev–Trinajstić information content (AvgIpc) is 2.60. The molecule has 0 bridgehead atoms. The highest BCUT2D eigenvalue weighted by Crippen LogP contribution is 2.28. The van der Waals surface area contributed by atoms with Crippen LogP contribution in [0.3, 0.4) is 0 Å². The van der Waals surface area contributed by atoms with Gasteiger partial charge in [-0.25, -0.2) is 0 Å². The van der Waals surface area contributed by atoms with E-state index in [1.54, 1.807) is 0 Å². The highest BCUT2D eigenvalue weighted by molar-refractivity contribution is 5.97. The highest BCUT2D eigenvalue weighted by atomic mass is 16.3. The summed E-state index contributed by atoms with van der Waals surface area (Å²) in [4.78, 5) is 26.2. The third kappa shape index (κ3) is 5.44. The number of aliphatic hydroxyl groups excluding tert-OH is 1. The van der Waals surface area contributed by atoms with E-state index in [1.807, 2.05) is 38.1 Å². The predicted molar refractivity (Wildman–Crippen MR) is 98.3 cm³/mol. The third-order valence-electron chi connectivity index (χ3n) is 4.43. The first-order chi connectivity index (χ1) is 11.9. The van der Waals surface area contributed by atoms with E-state index in [9.17, 15) is 14.7 Å². The minimum Gasteiger partial charge on any atom is -0.393 e. The molecule has 0 aromatic heterocycles. The van der Waals surface area contributed by atoms with Gasteiger partial charge < -0.3 is 26.4 Å². The van der Waals surface area contributed by atoms with Gasteiger partial charge in [0, 0.05) is 13.1 Å². The molecule has 0 spiro atoms. The number of carbonyl (C=O) groups excluding carboxylic acids is 2. The summed E-state index contributed by atoms with van der Waals surface area (Å²) in [5.41, 5.74) is 7.39. The molecule has 5 N–H and O–H groups in total. The van der Waals surface area contributed by atoms with Gasteiger partial charge >= 0.3 is 0 Å². The molecule has 0 radical (unpaired) electrons. The molecule has 1 aliphatic heterocycles. The van der Waals surface area contributed by atoms with Gasteiger partial charge in [-0.15, -0.1) is 0 Å². The lowest BCUT2D eigenvalue weighted by atomic mass is 10.1. The van der Waals surface area contributed by atoms with E-state index < -0.39 is 6.04 Å². The van der Waals surface area contributed by atoms with Crippen LogP contribution in [0.5, 0.6) is 0 Å². The predicted octanol–water partition coefficient (Wildman–Crippen LogP) is 0.686. The van der Waals surface area contributed by atoms with E-state index in [0.717, 1.165) is 18.8 Å². The molecule has 1 heterocycles. The van der Waals surface area contributed by atoms with Gasteiger partial charge in [0.1, 0.15) is 0 Å². The fraction of sp³-hybridized carbons (Fsp3) is 0.556. The van der Waals surface area contributed by atoms with E-state index in [2.05, 4.69) is 15.5 Å². The third-order valence-corrected chi connectivity index (χ3v) is 4.43. The molecular weight excluding hydrogens is 320 g/mol. The maximum Gasteiger partial charge on any atom is 0.243 e. The first-order valence-electron chi connectivity index (χ1n) is 8.73. The van der Waals surface area contributed by atoms with Crippen molar-refractivity contribution in [2.45, 2.75) is 38.8 Å². The molecule has 138 valence electrons. The fourth-order valence-electron chi connectivity index (χ4n) is 2.74. The summed E-state index contributed by atoms with van der Waals surface area (Å²) in [5, 5.41) is 15.1. The van der Waals surface area contributed by atoms with Crippen molar-refractivity contribution >= 4 is 23.2 Å². The number of benzene rings is 1. The highest BCUT2D eigenvalue weighted by Gasteiger charge is 2.21. The number of para-hydroxylation sites is 2. The van der Waals surface area contributed by atoms with Gasteiger partial charge in [0.25, 0.3) is 0 Å². The second-order valence-corrected chi connectivity index (χ2v) is 6.77. The molecule has 2 amide bonds. The number of nitrogens with one attached hydrogen (secondary N) is 2. The van der Waals surface area contributed by atoms with Crippen molar-refractivity contribution in [3.63, 3.8) is 0 Å². The lowest BCUT2D eigenvalue weighted by Gasteiger charge is -2.32. The van der Waals surface area contributed by atoms with Crippen LogP contribution >= 0.6 is 0 Å². The second kappa shape index (κ2) is 8.82. The van der Waals surface area contributed by atoms with Crippen LogP contribution in [0.4, 0.5) is 11.4 Å². The van der Waals surface area contributed by atoms with Gasteiger partial charge in [0.2, 0.25) is 11.8 Å². The van der Waals surface area contributed by atoms with Crippen LogP contribution in [0, 0.1) is 5.92 Å². The normalized spacial score (nSPS) is 16.6. The maximum atomic E-state index is 12.2. The van der Waals surface area contributed by atoms with Gasteiger partial charge in [-0.2, -0.15) is 0 Å². The van der Waals surface area contributed by atoms with Gasteiger partial charge in [-0.05, 0) is 30.9 Å². The van der Waals surface area contributed by atoms with Crippen LogP contribution in [0.1, 0.15) is 26.7 Å². The molecule has 0 unspecified atom stereocenters. The van der Waals surface area contributed by atoms with Crippen molar-refractivity contribution in [2.75, 3.05) is 29.9 Å². The van der Waals surface area contributed by atoms with Crippen molar-refractivity contribution in [3.8, 4) is 0 Å². The van der Waals surface area contributed by atoms with Crippen LogP contribution in [-0.4, -0.2) is 48.7 Å². The van der Waals surface area contributed by atoms with Crippen LogP contribution < -0.4 is 21.3 Å². The molecule has 0 saturated carbocycles. The van der Waals surface area contributed by atoms with E-state index in [4.69, 9.17) is 5.73 Å². The number of nitrogens with two attached hydrogens (primary N) is 1. The zero-order valence-corrected chi connectivity index (χ0v) is 14.9. The Kier molecular flexibility index (Phi) is 6.78. The smallest absolute Gasteiger partial charge is 0.243 e. The summed E-state index contributed by atoms with van der Waals surface area (Å²) in [5.74, 6) is -0.615. The van der Waals surface area contributed by atoms with Gasteiger partial charge in [-0.3, -0.25) is 9.59 Å². The summed E-state index contributed by atoms with van der Waals surface area (Å²) < 4.78 is 0. The van der Waals surface area contributed by atoms with Crippen molar-refractivity contribution in [2.24, 2.45) is 11.7 Å². The van der Waals surface area contributed by atoms with Crippen molar-refractivity contribution in [1.82, 2.24) is 5.32 Å². The molecule has 7 nitrogen and oxygen atoms in total. The van der Waals surface area contributed by atoms with E-state index in [-0.39, 0.29) is 30.4 Å². The fourth-order valence-corrected chi connectivity index (χ4v) is 2.74. The van der Waals surface area contributed by atoms with E-state index in [0.29, 0.717) is 18.5 Å². The Labute approximate surface area is 148 Å². The second-order valence-electron chi connectivity index (χ2n) is 6.77. The zero-order chi connectivity index (χ0) is 18.4. The Morgan fingerprint density at radius 2 is 1.92 bits per heavy atom. The number of rotatable bonds is 6. The standard InChI is InChI=1S/C18H28N4O3/c1-12(2)17(19)18(25)20-11-16(24)21-14-5-3-4-6-15(14)22-9-7-13(23)8-10-22/h3-6,12-13,17,23H,7-11,19H2,1-2H3,(H,20,25)(H,21,24)/t17-/m0/s1. The first-order valence-corrected chi connectivity index (χ1v) is 8.73. The lowest BCUT2D eigenvalue weighted by molar-refractivity contribution is -0.125. The van der Waals surface area contributed by atoms with Crippen molar-refractivity contribution < 1.29 is 14.7 Å². The number of aliphatic hydroxyl groups is 1. The van der Waals surface area contributed by atoms with Crippen LogP contribution in [0.15, 0.2) is 24.3 Å². The Balaban J connectivity index is 1.94. The largest absolute Gasteiger partial charge is 0.393 e. The van der Waals surface area contributed by atoms with E-state index in [1.165, 1.54) is 0 Å². The minimum atomic E-state index is -0.625. The van der Waals surface area contributed by atoms with Gasteiger partial charge in [0.15, 0.2) is 0 Å². The first kappa shape index (κ1) is 19.2. The van der Waals surface area contributed by atoms with Crippen molar-refractivity contribution in [1.29, 1.82) is 0 Å². The van der Waals surface area contributed by atoms with Crippen LogP contribution in [0.2, 0.25) is 0 Å². The Bertz CT molecular complexity index is 598. The molecule has 1 aliphatic rings. The molecule has 1 aromatic rings. The molecule has 7 heteroatoms. The monoisotopic (exact) mass is 348 g/mol. The molecule has 1 fully saturated rings. The average molecular weight is 348 g/mol. The summed E-state index contributed by atoms with van der Waals surface area (Å²) in [6.07, 6.45) is 1.18. The summed E-state index contributed by atoms with van der Waals surface area (Å²) in [7, 11) is 0. The van der Waals surface area contributed by atoms with Crippen LogP contribution in [0.25, 0.3) is 0 Å². The van der Waals surface area contributed by atoms with Crippen molar-refractivity contribution in [3.05, 3.63) is 24.3 Å². The molecule has 25 heavy (non-hydrogen) atoms. The summed E-state index contributed by atoms with van der Waals surface area (Å²) >= 11 is 0. The summed E-state index contributed by atoms with van der Waals surface area (Å²) in [6, 6.07) is 6.92. The number of anilines is 2. The van der Waals surface area contributed by atoms with Crippen LogP contribution in [-0.2, 0) is 9.59 Å². The molecule has 1 saturated heterocycles. The Morgan fingerprint density at radius 3 is 2.56 bits per heavy atom. The van der Waals surface area contributed by atoms with Gasteiger partial charge in [0.05, 0.1) is 30.1 Å².